The van der Waals surface area contributed by atoms with Crippen molar-refractivity contribution >= 4 is 0 Å². The molecule has 0 aromatic heterocycles. The number of ether oxygens (including phenoxy) is 1. The minimum Gasteiger partial charge on any atom is -0.406 e. The van der Waals surface area contributed by atoms with Gasteiger partial charge in [-0.2, -0.15) is 0 Å². The highest BCUT2D eigenvalue weighted by molar-refractivity contribution is 5.32. The topological polar surface area (TPSA) is 47.3 Å². The lowest BCUT2D eigenvalue weighted by atomic mass is 9.77. The zero-order chi connectivity index (χ0) is 14.8. The van der Waals surface area contributed by atoms with Crippen molar-refractivity contribution < 1.29 is 17.9 Å². The number of hydrogen-bond acceptors (Lipinski definition) is 3. The number of halogens is 3. The molecule has 0 amide bonds. The number of hydrazine groups is 1. The maximum Gasteiger partial charge on any atom is 0.573 e. The third kappa shape index (κ3) is 3.43. The Morgan fingerprint density at radius 1 is 1.30 bits per heavy atom. The number of benzene rings is 1. The van der Waals surface area contributed by atoms with Gasteiger partial charge in [0.1, 0.15) is 5.75 Å². The highest BCUT2D eigenvalue weighted by Crippen LogP contribution is 2.47. The van der Waals surface area contributed by atoms with Crippen molar-refractivity contribution in [3.05, 3.63) is 29.8 Å². The van der Waals surface area contributed by atoms with Crippen LogP contribution in [0.2, 0.25) is 0 Å². The van der Waals surface area contributed by atoms with Crippen molar-refractivity contribution in [1.82, 2.24) is 5.43 Å². The quantitative estimate of drug-likeness (QED) is 0.656. The molecule has 1 aliphatic carbocycles. The fraction of sp³-hybridized carbons (Fsp3) is 0.571. The Balaban J connectivity index is 2.24. The predicted octanol–water partition coefficient (Wildman–Crippen LogP) is 3.67. The van der Waals surface area contributed by atoms with E-state index < -0.39 is 6.36 Å². The van der Waals surface area contributed by atoms with E-state index in [1.165, 1.54) is 12.1 Å². The maximum absolute atomic E-state index is 12.3. The van der Waals surface area contributed by atoms with E-state index in [0.29, 0.717) is 0 Å². The Labute approximate surface area is 116 Å². The molecule has 1 atom stereocenters. The second kappa shape index (κ2) is 5.61. The van der Waals surface area contributed by atoms with E-state index in [1.807, 2.05) is 0 Å². The molecule has 2 rings (SSSR count). The lowest BCUT2D eigenvalue weighted by Gasteiger charge is -2.34. The fourth-order valence-corrected chi connectivity index (χ4v) is 3.06. The Kier molecular flexibility index (Phi) is 4.25. The standard InChI is InChI=1S/C14H19F3N2O/c1-13(7-2-3-8-13)12(19-18)10-5-4-6-11(9-10)20-14(15,16)17/h4-6,9,12,19H,2-3,7-8,18H2,1H3. The average Bonchev–Trinajstić information content (AvgIpc) is 2.76. The normalized spacial score (nSPS) is 19.9. The molecule has 0 bridgehead atoms. The largest absolute Gasteiger partial charge is 0.573 e. The molecule has 0 saturated heterocycles. The van der Waals surface area contributed by atoms with Crippen LogP contribution in [0.1, 0.15) is 44.2 Å². The summed E-state index contributed by atoms with van der Waals surface area (Å²) in [6.45, 7) is 2.11. The molecule has 1 unspecified atom stereocenters. The number of hydrogen-bond donors (Lipinski definition) is 2. The Morgan fingerprint density at radius 2 is 1.95 bits per heavy atom. The third-order valence-corrected chi connectivity index (χ3v) is 4.03. The number of nitrogens with two attached hydrogens (primary N) is 1. The zero-order valence-electron chi connectivity index (χ0n) is 11.3. The Hall–Kier alpha value is -1.27. The van der Waals surface area contributed by atoms with Crippen molar-refractivity contribution in [3.63, 3.8) is 0 Å². The molecule has 0 aliphatic heterocycles. The van der Waals surface area contributed by atoms with E-state index >= 15 is 0 Å². The van der Waals surface area contributed by atoms with Crippen molar-refractivity contribution in [2.75, 3.05) is 0 Å². The summed E-state index contributed by atoms with van der Waals surface area (Å²) in [4.78, 5) is 0. The van der Waals surface area contributed by atoms with Gasteiger partial charge in [0.2, 0.25) is 0 Å². The van der Waals surface area contributed by atoms with Crippen molar-refractivity contribution in [2.24, 2.45) is 11.3 Å². The van der Waals surface area contributed by atoms with Gasteiger partial charge in [-0.1, -0.05) is 31.9 Å². The van der Waals surface area contributed by atoms with Crippen LogP contribution in [0.3, 0.4) is 0 Å². The van der Waals surface area contributed by atoms with Gasteiger partial charge in [-0.25, -0.2) is 0 Å². The number of alkyl halides is 3. The summed E-state index contributed by atoms with van der Waals surface area (Å²) in [7, 11) is 0. The summed E-state index contributed by atoms with van der Waals surface area (Å²) in [5.41, 5.74) is 3.44. The molecular formula is C14H19F3N2O. The van der Waals surface area contributed by atoms with E-state index in [2.05, 4.69) is 17.1 Å². The highest BCUT2D eigenvalue weighted by Gasteiger charge is 2.38. The zero-order valence-corrected chi connectivity index (χ0v) is 11.3. The molecule has 112 valence electrons. The van der Waals surface area contributed by atoms with Crippen LogP contribution in [-0.4, -0.2) is 6.36 Å². The van der Waals surface area contributed by atoms with E-state index in [9.17, 15) is 13.2 Å². The SMILES string of the molecule is CC1(C(NN)c2cccc(OC(F)(F)F)c2)CCCC1. The first kappa shape index (κ1) is 15.1. The molecule has 1 saturated carbocycles. The van der Waals surface area contributed by atoms with Crippen LogP contribution >= 0.6 is 0 Å². The predicted molar refractivity (Wildman–Crippen MR) is 69.8 cm³/mol. The first-order chi connectivity index (χ1) is 9.34. The highest BCUT2D eigenvalue weighted by atomic mass is 19.4. The molecule has 1 fully saturated rings. The second-order valence-electron chi connectivity index (χ2n) is 5.58. The molecule has 3 nitrogen and oxygen atoms in total. The minimum atomic E-state index is -4.68. The van der Waals surface area contributed by atoms with Gasteiger partial charge in [0.15, 0.2) is 0 Å². The first-order valence-electron chi connectivity index (χ1n) is 6.66. The maximum atomic E-state index is 12.3. The van der Waals surface area contributed by atoms with Gasteiger partial charge in [-0.3, -0.25) is 11.3 Å². The molecule has 3 N–H and O–H groups in total. The Morgan fingerprint density at radius 3 is 2.50 bits per heavy atom. The summed E-state index contributed by atoms with van der Waals surface area (Å²) in [5.74, 6) is 5.42. The smallest absolute Gasteiger partial charge is 0.406 e. The van der Waals surface area contributed by atoms with Gasteiger partial charge in [-0.15, -0.1) is 13.2 Å². The summed E-state index contributed by atoms with van der Waals surface area (Å²) in [5, 5.41) is 0. The number of nitrogens with one attached hydrogen (secondary N) is 1. The third-order valence-electron chi connectivity index (χ3n) is 4.03. The summed E-state index contributed by atoms with van der Waals surface area (Å²) >= 11 is 0. The van der Waals surface area contributed by atoms with Crippen LogP contribution in [0.5, 0.6) is 5.75 Å². The van der Waals surface area contributed by atoms with E-state index in [-0.39, 0.29) is 17.2 Å². The molecule has 6 heteroatoms. The van der Waals surface area contributed by atoms with E-state index in [0.717, 1.165) is 31.2 Å². The molecule has 0 spiro atoms. The van der Waals surface area contributed by atoms with E-state index in [4.69, 9.17) is 5.84 Å². The second-order valence-corrected chi connectivity index (χ2v) is 5.58. The molecule has 0 heterocycles. The lowest BCUT2D eigenvalue weighted by molar-refractivity contribution is -0.274. The summed E-state index contributed by atoms with van der Waals surface area (Å²) < 4.78 is 40.8. The van der Waals surface area contributed by atoms with Crippen molar-refractivity contribution in [3.8, 4) is 5.75 Å². The van der Waals surface area contributed by atoms with Crippen LogP contribution in [0.4, 0.5) is 13.2 Å². The fourth-order valence-electron chi connectivity index (χ4n) is 3.06. The first-order valence-corrected chi connectivity index (χ1v) is 6.66. The monoisotopic (exact) mass is 288 g/mol. The molecular weight excluding hydrogens is 269 g/mol. The average molecular weight is 288 g/mol. The molecule has 20 heavy (non-hydrogen) atoms. The number of rotatable bonds is 4. The van der Waals surface area contributed by atoms with Crippen molar-refractivity contribution in [2.45, 2.75) is 45.0 Å². The van der Waals surface area contributed by atoms with Gasteiger partial charge in [0, 0.05) is 0 Å². The van der Waals surface area contributed by atoms with Gasteiger partial charge in [0.25, 0.3) is 0 Å². The van der Waals surface area contributed by atoms with Gasteiger partial charge >= 0.3 is 6.36 Å². The molecule has 1 aromatic rings. The molecule has 1 aromatic carbocycles. The van der Waals surface area contributed by atoms with Crippen LogP contribution in [0, 0.1) is 5.41 Å². The lowest BCUT2D eigenvalue weighted by Crippen LogP contribution is -2.38. The van der Waals surface area contributed by atoms with Gasteiger partial charge in [0.05, 0.1) is 6.04 Å². The summed E-state index contributed by atoms with van der Waals surface area (Å²) in [6, 6.07) is 5.85. The molecule has 1 aliphatic rings. The summed E-state index contributed by atoms with van der Waals surface area (Å²) in [6.07, 6.45) is -0.430. The van der Waals surface area contributed by atoms with Crippen LogP contribution in [0.25, 0.3) is 0 Å². The minimum absolute atomic E-state index is 0.0361. The van der Waals surface area contributed by atoms with Crippen LogP contribution < -0.4 is 16.0 Å². The van der Waals surface area contributed by atoms with Crippen molar-refractivity contribution in [1.29, 1.82) is 0 Å². The van der Waals surface area contributed by atoms with Crippen LogP contribution in [-0.2, 0) is 0 Å². The van der Waals surface area contributed by atoms with Crippen LogP contribution in [0.15, 0.2) is 24.3 Å². The van der Waals surface area contributed by atoms with Gasteiger partial charge in [-0.05, 0) is 36.0 Å². The molecule has 0 radical (unpaired) electrons. The van der Waals surface area contributed by atoms with E-state index in [1.54, 1.807) is 12.1 Å². The van der Waals surface area contributed by atoms with Gasteiger partial charge < -0.3 is 4.74 Å². The Bertz CT molecular complexity index is 456.